The Morgan fingerprint density at radius 3 is 3.00 bits per heavy atom. The lowest BCUT2D eigenvalue weighted by Gasteiger charge is -2.35. The first-order valence-electron chi connectivity index (χ1n) is 6.05. The standard InChI is InChI=1S/C14H18O3/c1-3-16-13(15)10-14(2)9-8-11-6-4-5-7-12(11)17-14/h4-7H,3,8-10H2,1-2H3/t14-/m0/s1. The number of carbonyl (C=O) groups excluding carboxylic acids is 1. The molecule has 0 saturated carbocycles. The maximum Gasteiger partial charge on any atom is 0.309 e. The molecule has 3 heteroatoms. The number of aryl methyl sites for hydroxylation is 1. The summed E-state index contributed by atoms with van der Waals surface area (Å²) in [6.07, 6.45) is 2.12. The second-order valence-electron chi connectivity index (χ2n) is 4.64. The van der Waals surface area contributed by atoms with Crippen LogP contribution < -0.4 is 4.74 Å². The molecule has 0 amide bonds. The summed E-state index contributed by atoms with van der Waals surface area (Å²) in [5.41, 5.74) is 0.787. The number of rotatable bonds is 3. The smallest absolute Gasteiger partial charge is 0.309 e. The highest BCUT2D eigenvalue weighted by Gasteiger charge is 2.34. The summed E-state index contributed by atoms with van der Waals surface area (Å²) in [5.74, 6) is 0.708. The average molecular weight is 234 g/mol. The summed E-state index contributed by atoms with van der Waals surface area (Å²) in [6.45, 7) is 4.21. The molecular weight excluding hydrogens is 216 g/mol. The predicted molar refractivity (Wildman–Crippen MR) is 65.0 cm³/mol. The molecule has 0 fully saturated rings. The molecule has 92 valence electrons. The molecule has 3 nitrogen and oxygen atoms in total. The Balaban J connectivity index is 2.07. The van der Waals surface area contributed by atoms with Crippen LogP contribution in [0.25, 0.3) is 0 Å². The SMILES string of the molecule is CCOC(=O)C[C@]1(C)CCc2ccccc2O1. The molecule has 1 heterocycles. The number of benzene rings is 1. The molecular formula is C14H18O3. The Morgan fingerprint density at radius 1 is 1.47 bits per heavy atom. The summed E-state index contributed by atoms with van der Waals surface area (Å²) < 4.78 is 10.9. The molecule has 0 N–H and O–H groups in total. The van der Waals surface area contributed by atoms with E-state index in [9.17, 15) is 4.79 Å². The highest BCUT2D eigenvalue weighted by molar-refractivity contribution is 5.70. The van der Waals surface area contributed by atoms with E-state index in [0.29, 0.717) is 13.0 Å². The minimum Gasteiger partial charge on any atom is -0.487 e. The topological polar surface area (TPSA) is 35.5 Å². The Labute approximate surface area is 102 Å². The van der Waals surface area contributed by atoms with Gasteiger partial charge in [-0.2, -0.15) is 0 Å². The summed E-state index contributed by atoms with van der Waals surface area (Å²) in [7, 11) is 0. The Hall–Kier alpha value is -1.51. The lowest BCUT2D eigenvalue weighted by Crippen LogP contribution is -2.39. The van der Waals surface area contributed by atoms with E-state index in [1.54, 1.807) is 0 Å². The molecule has 2 rings (SSSR count). The number of hydrogen-bond donors (Lipinski definition) is 0. The van der Waals surface area contributed by atoms with Crippen LogP contribution in [-0.2, 0) is 16.0 Å². The summed E-state index contributed by atoms with van der Waals surface area (Å²) >= 11 is 0. The third-order valence-corrected chi connectivity index (χ3v) is 3.08. The van der Waals surface area contributed by atoms with Crippen molar-refractivity contribution in [3.63, 3.8) is 0 Å². The van der Waals surface area contributed by atoms with Gasteiger partial charge < -0.3 is 9.47 Å². The molecule has 17 heavy (non-hydrogen) atoms. The van der Waals surface area contributed by atoms with Crippen molar-refractivity contribution in [1.82, 2.24) is 0 Å². The third-order valence-electron chi connectivity index (χ3n) is 3.08. The van der Waals surface area contributed by atoms with Gasteiger partial charge in [-0.25, -0.2) is 0 Å². The van der Waals surface area contributed by atoms with E-state index in [4.69, 9.17) is 9.47 Å². The molecule has 1 aliphatic rings. The Bertz CT molecular complexity index is 414. The normalized spacial score (nSPS) is 22.5. The fraction of sp³-hybridized carbons (Fsp3) is 0.500. The highest BCUT2D eigenvalue weighted by Crippen LogP contribution is 2.34. The van der Waals surface area contributed by atoms with Crippen LogP contribution >= 0.6 is 0 Å². The monoisotopic (exact) mass is 234 g/mol. The van der Waals surface area contributed by atoms with E-state index < -0.39 is 5.60 Å². The van der Waals surface area contributed by atoms with Crippen LogP contribution in [0.3, 0.4) is 0 Å². The van der Waals surface area contributed by atoms with E-state index in [1.165, 1.54) is 5.56 Å². The summed E-state index contributed by atoms with van der Waals surface area (Å²) in [6, 6.07) is 7.99. The van der Waals surface area contributed by atoms with Gasteiger partial charge in [-0.1, -0.05) is 18.2 Å². The van der Waals surface area contributed by atoms with Gasteiger partial charge in [0.25, 0.3) is 0 Å². The minimum absolute atomic E-state index is 0.186. The van der Waals surface area contributed by atoms with E-state index in [2.05, 4.69) is 6.07 Å². The van der Waals surface area contributed by atoms with Crippen LogP contribution in [-0.4, -0.2) is 18.2 Å². The van der Waals surface area contributed by atoms with Crippen molar-refractivity contribution in [3.8, 4) is 5.75 Å². The van der Waals surface area contributed by atoms with Crippen LogP contribution in [0.4, 0.5) is 0 Å². The fourth-order valence-corrected chi connectivity index (χ4v) is 2.17. The number of para-hydroxylation sites is 1. The van der Waals surface area contributed by atoms with E-state index >= 15 is 0 Å². The maximum atomic E-state index is 11.5. The molecule has 0 saturated heterocycles. The van der Waals surface area contributed by atoms with Gasteiger partial charge in [-0.3, -0.25) is 4.79 Å². The lowest BCUT2D eigenvalue weighted by atomic mass is 9.90. The number of fused-ring (bicyclic) bond motifs is 1. The van der Waals surface area contributed by atoms with Gasteiger partial charge in [-0.05, 0) is 38.3 Å². The molecule has 0 aliphatic carbocycles. The van der Waals surface area contributed by atoms with Gasteiger partial charge in [0.2, 0.25) is 0 Å². The second kappa shape index (κ2) is 4.78. The molecule has 1 aromatic rings. The largest absolute Gasteiger partial charge is 0.487 e. The fourth-order valence-electron chi connectivity index (χ4n) is 2.17. The first kappa shape index (κ1) is 12.0. The third kappa shape index (κ3) is 2.78. The van der Waals surface area contributed by atoms with Gasteiger partial charge in [-0.15, -0.1) is 0 Å². The van der Waals surface area contributed by atoms with Crippen molar-refractivity contribution in [3.05, 3.63) is 29.8 Å². The van der Waals surface area contributed by atoms with Crippen LogP contribution in [0, 0.1) is 0 Å². The van der Waals surface area contributed by atoms with Crippen LogP contribution in [0.2, 0.25) is 0 Å². The zero-order valence-electron chi connectivity index (χ0n) is 10.4. The number of esters is 1. The van der Waals surface area contributed by atoms with Crippen LogP contribution in [0.15, 0.2) is 24.3 Å². The molecule has 0 unspecified atom stereocenters. The first-order valence-corrected chi connectivity index (χ1v) is 6.05. The van der Waals surface area contributed by atoms with Gasteiger partial charge in [0, 0.05) is 0 Å². The second-order valence-corrected chi connectivity index (χ2v) is 4.64. The molecule has 1 atom stereocenters. The number of carbonyl (C=O) groups is 1. The van der Waals surface area contributed by atoms with Gasteiger partial charge >= 0.3 is 5.97 Å². The predicted octanol–water partition coefficient (Wildman–Crippen LogP) is 2.72. The number of ether oxygens (including phenoxy) is 2. The van der Waals surface area contributed by atoms with E-state index in [1.807, 2.05) is 32.0 Å². The minimum atomic E-state index is -0.430. The molecule has 0 bridgehead atoms. The summed E-state index contributed by atoms with van der Waals surface area (Å²) in [5, 5.41) is 0. The van der Waals surface area contributed by atoms with Crippen molar-refractivity contribution in [2.45, 2.75) is 38.7 Å². The summed E-state index contributed by atoms with van der Waals surface area (Å²) in [4.78, 5) is 11.5. The van der Waals surface area contributed by atoms with Crippen LogP contribution in [0.1, 0.15) is 32.3 Å². The Kier molecular flexibility index (Phi) is 3.36. The lowest BCUT2D eigenvalue weighted by molar-refractivity contribution is -0.147. The zero-order valence-corrected chi connectivity index (χ0v) is 10.4. The van der Waals surface area contributed by atoms with Gasteiger partial charge in [0.1, 0.15) is 11.4 Å². The Morgan fingerprint density at radius 2 is 2.24 bits per heavy atom. The van der Waals surface area contributed by atoms with Crippen molar-refractivity contribution in [2.24, 2.45) is 0 Å². The van der Waals surface area contributed by atoms with E-state index in [-0.39, 0.29) is 5.97 Å². The first-order chi connectivity index (χ1) is 8.13. The molecule has 1 aliphatic heterocycles. The van der Waals surface area contributed by atoms with Crippen molar-refractivity contribution in [2.75, 3.05) is 6.61 Å². The van der Waals surface area contributed by atoms with Gasteiger partial charge in [0.05, 0.1) is 13.0 Å². The van der Waals surface area contributed by atoms with Crippen molar-refractivity contribution >= 4 is 5.97 Å². The molecule has 0 spiro atoms. The van der Waals surface area contributed by atoms with Crippen LogP contribution in [0.5, 0.6) is 5.75 Å². The molecule has 1 aromatic carbocycles. The molecule has 0 radical (unpaired) electrons. The van der Waals surface area contributed by atoms with E-state index in [0.717, 1.165) is 18.6 Å². The molecule has 0 aromatic heterocycles. The highest BCUT2D eigenvalue weighted by atomic mass is 16.5. The number of hydrogen-bond acceptors (Lipinski definition) is 3. The average Bonchev–Trinajstić information content (AvgIpc) is 2.28. The quantitative estimate of drug-likeness (QED) is 0.754. The van der Waals surface area contributed by atoms with Crippen molar-refractivity contribution in [1.29, 1.82) is 0 Å². The zero-order chi connectivity index (χ0) is 12.3. The van der Waals surface area contributed by atoms with Crippen molar-refractivity contribution < 1.29 is 14.3 Å². The maximum absolute atomic E-state index is 11.5. The van der Waals surface area contributed by atoms with Gasteiger partial charge in [0.15, 0.2) is 0 Å².